The van der Waals surface area contributed by atoms with Crippen molar-refractivity contribution in [3.8, 4) is 0 Å². The van der Waals surface area contributed by atoms with Gasteiger partial charge in [0.05, 0.1) is 5.56 Å². The molecule has 1 aromatic carbocycles. The Morgan fingerprint density at radius 1 is 1.50 bits per heavy atom. The zero-order valence-corrected chi connectivity index (χ0v) is 10.5. The van der Waals surface area contributed by atoms with Crippen LogP contribution in [0.3, 0.4) is 0 Å². The zero-order valence-electron chi connectivity index (χ0n) is 10.5. The highest BCUT2D eigenvalue weighted by Crippen LogP contribution is 2.29. The molecule has 1 N–H and O–H groups in total. The number of benzene rings is 1. The normalized spacial score (nSPS) is 15.1. The van der Waals surface area contributed by atoms with Gasteiger partial charge >= 0.3 is 5.97 Å². The molecule has 0 bridgehead atoms. The van der Waals surface area contributed by atoms with Crippen molar-refractivity contribution in [2.75, 3.05) is 6.54 Å². The number of carboxylic acids is 1. The third-order valence-corrected chi connectivity index (χ3v) is 3.24. The molecule has 0 radical (unpaired) electrons. The third-order valence-electron chi connectivity index (χ3n) is 3.24. The van der Waals surface area contributed by atoms with Gasteiger partial charge in [-0.2, -0.15) is 0 Å². The van der Waals surface area contributed by atoms with Crippen LogP contribution in [0.1, 0.15) is 42.1 Å². The highest BCUT2D eigenvalue weighted by molar-refractivity contribution is 5.87. The maximum atomic E-state index is 13.7. The molecule has 1 fully saturated rings. The summed E-state index contributed by atoms with van der Waals surface area (Å²) < 4.78 is 13.7. The quantitative estimate of drug-likeness (QED) is 0.845. The van der Waals surface area contributed by atoms with Crippen LogP contribution < -0.4 is 0 Å². The van der Waals surface area contributed by atoms with Gasteiger partial charge in [0.15, 0.2) is 0 Å². The minimum atomic E-state index is -1.01. The average Bonchev–Trinajstić information content (AvgIpc) is 3.14. The molecule has 0 unspecified atom stereocenters. The molecule has 0 aliphatic heterocycles. The number of rotatable bonds is 6. The van der Waals surface area contributed by atoms with Gasteiger partial charge in [-0.1, -0.05) is 6.92 Å². The van der Waals surface area contributed by atoms with Gasteiger partial charge in [0, 0.05) is 18.2 Å². The Bertz CT molecular complexity index is 443. The van der Waals surface area contributed by atoms with Crippen LogP contribution in [-0.4, -0.2) is 28.6 Å². The lowest BCUT2D eigenvalue weighted by molar-refractivity contribution is 0.0696. The number of halogens is 1. The van der Waals surface area contributed by atoms with E-state index in [1.165, 1.54) is 31.0 Å². The lowest BCUT2D eigenvalue weighted by Crippen LogP contribution is -2.27. The Morgan fingerprint density at radius 2 is 2.22 bits per heavy atom. The smallest absolute Gasteiger partial charge is 0.335 e. The van der Waals surface area contributed by atoms with Crippen LogP contribution in [0.2, 0.25) is 0 Å². The zero-order chi connectivity index (χ0) is 13.1. The molecule has 1 aliphatic carbocycles. The van der Waals surface area contributed by atoms with E-state index in [2.05, 4.69) is 11.8 Å². The second kappa shape index (κ2) is 5.48. The molecular formula is C14H18FNO2. The highest BCUT2D eigenvalue weighted by atomic mass is 19.1. The van der Waals surface area contributed by atoms with E-state index >= 15 is 0 Å². The fraction of sp³-hybridized carbons (Fsp3) is 0.500. The molecule has 0 spiro atoms. The second-order valence-corrected chi connectivity index (χ2v) is 4.81. The van der Waals surface area contributed by atoms with Crippen molar-refractivity contribution in [1.82, 2.24) is 4.90 Å². The van der Waals surface area contributed by atoms with E-state index in [4.69, 9.17) is 5.11 Å². The van der Waals surface area contributed by atoms with Gasteiger partial charge in [-0.3, -0.25) is 4.90 Å². The van der Waals surface area contributed by atoms with Crippen molar-refractivity contribution in [3.05, 3.63) is 35.1 Å². The molecule has 1 aromatic rings. The van der Waals surface area contributed by atoms with Crippen LogP contribution in [0.25, 0.3) is 0 Å². The topological polar surface area (TPSA) is 40.5 Å². The first-order valence-electron chi connectivity index (χ1n) is 6.37. The fourth-order valence-electron chi connectivity index (χ4n) is 2.17. The summed E-state index contributed by atoms with van der Waals surface area (Å²) in [5, 5.41) is 8.92. The lowest BCUT2D eigenvalue weighted by Gasteiger charge is -2.21. The van der Waals surface area contributed by atoms with Crippen molar-refractivity contribution in [2.24, 2.45) is 0 Å². The highest BCUT2D eigenvalue weighted by Gasteiger charge is 2.28. The van der Waals surface area contributed by atoms with E-state index in [-0.39, 0.29) is 11.4 Å². The molecule has 0 atom stereocenters. The van der Waals surface area contributed by atoms with Gasteiger partial charge in [0.2, 0.25) is 0 Å². The monoisotopic (exact) mass is 251 g/mol. The molecule has 2 rings (SSSR count). The fourth-order valence-corrected chi connectivity index (χ4v) is 2.17. The molecule has 4 heteroatoms. The van der Waals surface area contributed by atoms with E-state index in [1.807, 2.05) is 0 Å². The van der Waals surface area contributed by atoms with E-state index in [0.29, 0.717) is 18.2 Å². The average molecular weight is 251 g/mol. The standard InChI is InChI=1S/C14H18FNO2/c1-2-7-16(12-4-5-12)9-11-8-10(14(17)18)3-6-13(11)15/h3,6,8,12H,2,4-5,7,9H2,1H3,(H,17,18). The Labute approximate surface area is 106 Å². The SMILES string of the molecule is CCCN(Cc1cc(C(=O)O)ccc1F)C1CC1. The molecule has 98 valence electrons. The molecule has 0 saturated heterocycles. The van der Waals surface area contributed by atoms with Gasteiger partial charge in [-0.15, -0.1) is 0 Å². The first-order valence-corrected chi connectivity index (χ1v) is 6.37. The Kier molecular flexibility index (Phi) is 3.97. The summed E-state index contributed by atoms with van der Waals surface area (Å²) in [6, 6.07) is 4.55. The lowest BCUT2D eigenvalue weighted by atomic mass is 10.1. The summed E-state index contributed by atoms with van der Waals surface area (Å²) >= 11 is 0. The van der Waals surface area contributed by atoms with Crippen LogP contribution in [-0.2, 0) is 6.54 Å². The Hall–Kier alpha value is -1.42. The molecule has 3 nitrogen and oxygen atoms in total. The van der Waals surface area contributed by atoms with Crippen molar-refractivity contribution < 1.29 is 14.3 Å². The van der Waals surface area contributed by atoms with Gasteiger partial charge < -0.3 is 5.11 Å². The molecule has 1 saturated carbocycles. The number of aromatic carboxylic acids is 1. The van der Waals surface area contributed by atoms with Crippen LogP contribution in [0, 0.1) is 5.82 Å². The summed E-state index contributed by atoms with van der Waals surface area (Å²) in [6.45, 7) is 3.53. The third kappa shape index (κ3) is 3.07. The van der Waals surface area contributed by atoms with E-state index < -0.39 is 5.97 Å². The largest absolute Gasteiger partial charge is 0.478 e. The first kappa shape index (κ1) is 13.0. The van der Waals surface area contributed by atoms with Gasteiger partial charge in [-0.05, 0) is 44.0 Å². The van der Waals surface area contributed by atoms with Crippen LogP contribution in [0.4, 0.5) is 4.39 Å². The summed E-state index contributed by atoms with van der Waals surface area (Å²) in [4.78, 5) is 13.1. The molecule has 1 aliphatic rings. The molecule has 18 heavy (non-hydrogen) atoms. The summed E-state index contributed by atoms with van der Waals surface area (Å²) in [6.07, 6.45) is 3.36. The number of nitrogens with zero attached hydrogens (tertiary/aromatic N) is 1. The number of hydrogen-bond acceptors (Lipinski definition) is 2. The maximum Gasteiger partial charge on any atom is 0.335 e. The van der Waals surface area contributed by atoms with Crippen molar-refractivity contribution in [2.45, 2.75) is 38.8 Å². The minimum absolute atomic E-state index is 0.152. The van der Waals surface area contributed by atoms with E-state index in [1.54, 1.807) is 0 Å². The van der Waals surface area contributed by atoms with E-state index in [9.17, 15) is 9.18 Å². The molecule has 0 amide bonds. The summed E-state index contributed by atoms with van der Waals surface area (Å²) in [7, 11) is 0. The van der Waals surface area contributed by atoms with Crippen LogP contribution >= 0.6 is 0 Å². The Morgan fingerprint density at radius 3 is 2.78 bits per heavy atom. The molecule has 0 heterocycles. The second-order valence-electron chi connectivity index (χ2n) is 4.81. The van der Waals surface area contributed by atoms with Gasteiger partial charge in [-0.25, -0.2) is 9.18 Å². The minimum Gasteiger partial charge on any atom is -0.478 e. The maximum absolute atomic E-state index is 13.7. The molecular weight excluding hydrogens is 233 g/mol. The van der Waals surface area contributed by atoms with Gasteiger partial charge in [0.1, 0.15) is 5.82 Å². The summed E-state index contributed by atoms with van der Waals surface area (Å²) in [5.41, 5.74) is 0.633. The van der Waals surface area contributed by atoms with Crippen LogP contribution in [0.15, 0.2) is 18.2 Å². The van der Waals surface area contributed by atoms with Crippen molar-refractivity contribution in [1.29, 1.82) is 0 Å². The number of hydrogen-bond donors (Lipinski definition) is 1. The van der Waals surface area contributed by atoms with E-state index in [0.717, 1.165) is 13.0 Å². The van der Waals surface area contributed by atoms with Gasteiger partial charge in [0.25, 0.3) is 0 Å². The number of carboxylic acid groups (broad SMARTS) is 1. The van der Waals surface area contributed by atoms with Crippen LogP contribution in [0.5, 0.6) is 0 Å². The Balaban J connectivity index is 2.15. The predicted octanol–water partition coefficient (Wildman–Crippen LogP) is 2.90. The van der Waals surface area contributed by atoms with Crippen molar-refractivity contribution in [3.63, 3.8) is 0 Å². The number of carbonyl (C=O) groups is 1. The first-order chi connectivity index (χ1) is 8.61. The predicted molar refractivity (Wildman–Crippen MR) is 67.1 cm³/mol. The summed E-state index contributed by atoms with van der Waals surface area (Å²) in [5.74, 6) is -1.33. The molecule has 0 aromatic heterocycles. The van der Waals surface area contributed by atoms with Crippen molar-refractivity contribution >= 4 is 5.97 Å².